The molecule has 0 aliphatic heterocycles. The zero-order chi connectivity index (χ0) is 13.8. The van der Waals surface area contributed by atoms with Gasteiger partial charge in [-0.15, -0.1) is 0 Å². The predicted octanol–water partition coefficient (Wildman–Crippen LogP) is 0.847. The first-order valence-electron chi connectivity index (χ1n) is 5.56. The summed E-state index contributed by atoms with van der Waals surface area (Å²) in [6.45, 7) is 1.79. The highest BCUT2D eigenvalue weighted by atomic mass is 32.2. The molecule has 0 aliphatic carbocycles. The quantitative estimate of drug-likeness (QED) is 0.530. The molecule has 0 spiro atoms. The summed E-state index contributed by atoms with van der Waals surface area (Å²) in [5.74, 6) is -0.762. The molecular formula is C11H17FN2O3S. The van der Waals surface area contributed by atoms with E-state index in [-0.39, 0.29) is 17.1 Å². The van der Waals surface area contributed by atoms with Crippen LogP contribution in [0.3, 0.4) is 0 Å². The number of benzene rings is 1. The maximum absolute atomic E-state index is 13.2. The first-order chi connectivity index (χ1) is 8.34. The lowest BCUT2D eigenvalue weighted by Crippen LogP contribution is -2.26. The van der Waals surface area contributed by atoms with Gasteiger partial charge < -0.3 is 10.8 Å². The Bertz CT molecular complexity index is 503. The molecule has 0 saturated carbocycles. The fourth-order valence-electron chi connectivity index (χ4n) is 1.43. The standard InChI is InChI=1S/C11H17FN2O3S/c1-8(15)4-3-7-14-18(16,17)10-6-2-5-9(12)11(10)13/h2,5-6,8,14-15H,3-4,7,13H2,1H3. The summed E-state index contributed by atoms with van der Waals surface area (Å²) in [4.78, 5) is -0.264. The molecule has 4 N–H and O–H groups in total. The van der Waals surface area contributed by atoms with Gasteiger partial charge in [0.25, 0.3) is 0 Å². The molecule has 1 unspecified atom stereocenters. The van der Waals surface area contributed by atoms with E-state index in [2.05, 4.69) is 4.72 Å². The van der Waals surface area contributed by atoms with Gasteiger partial charge in [0.05, 0.1) is 11.8 Å². The molecule has 0 saturated heterocycles. The van der Waals surface area contributed by atoms with Gasteiger partial charge in [-0.25, -0.2) is 17.5 Å². The van der Waals surface area contributed by atoms with Crippen LogP contribution in [0.5, 0.6) is 0 Å². The van der Waals surface area contributed by atoms with Crippen molar-refractivity contribution in [2.24, 2.45) is 0 Å². The van der Waals surface area contributed by atoms with Crippen LogP contribution < -0.4 is 10.5 Å². The first-order valence-corrected chi connectivity index (χ1v) is 7.04. The number of nitrogens with two attached hydrogens (primary N) is 1. The zero-order valence-corrected chi connectivity index (χ0v) is 10.9. The SMILES string of the molecule is CC(O)CCCNS(=O)(=O)c1cccc(F)c1N. The average Bonchev–Trinajstić information content (AvgIpc) is 2.28. The minimum absolute atomic E-state index is 0.170. The highest BCUT2D eigenvalue weighted by Crippen LogP contribution is 2.20. The molecule has 102 valence electrons. The molecule has 0 bridgehead atoms. The Morgan fingerprint density at radius 1 is 1.50 bits per heavy atom. The van der Waals surface area contributed by atoms with Gasteiger partial charge in [-0.1, -0.05) is 6.07 Å². The fraction of sp³-hybridized carbons (Fsp3) is 0.455. The lowest BCUT2D eigenvalue weighted by Gasteiger charge is -2.10. The van der Waals surface area contributed by atoms with Gasteiger partial charge in [0.15, 0.2) is 0 Å². The Kier molecular flexibility index (Phi) is 5.06. The third kappa shape index (κ3) is 3.94. The fourth-order valence-corrected chi connectivity index (χ4v) is 2.65. The molecule has 0 aromatic heterocycles. The molecule has 1 atom stereocenters. The van der Waals surface area contributed by atoms with E-state index in [0.29, 0.717) is 12.8 Å². The third-order valence-electron chi connectivity index (χ3n) is 2.39. The molecule has 18 heavy (non-hydrogen) atoms. The van der Waals surface area contributed by atoms with E-state index in [1.807, 2.05) is 0 Å². The van der Waals surface area contributed by atoms with Crippen LogP contribution in [0.15, 0.2) is 23.1 Å². The van der Waals surface area contributed by atoms with Gasteiger partial charge in [0.2, 0.25) is 10.0 Å². The highest BCUT2D eigenvalue weighted by molar-refractivity contribution is 7.89. The van der Waals surface area contributed by atoms with Crippen LogP contribution >= 0.6 is 0 Å². The second-order valence-electron chi connectivity index (χ2n) is 4.04. The summed E-state index contributed by atoms with van der Waals surface area (Å²) in [6, 6.07) is 3.63. The normalized spacial score (nSPS) is 13.5. The van der Waals surface area contributed by atoms with Gasteiger partial charge in [-0.05, 0) is 31.9 Å². The second-order valence-corrected chi connectivity index (χ2v) is 5.78. The largest absolute Gasteiger partial charge is 0.395 e. The van der Waals surface area contributed by atoms with E-state index >= 15 is 0 Å². The Morgan fingerprint density at radius 2 is 2.17 bits per heavy atom. The molecule has 1 aromatic rings. The van der Waals surface area contributed by atoms with Crippen molar-refractivity contribution < 1.29 is 17.9 Å². The van der Waals surface area contributed by atoms with E-state index in [1.54, 1.807) is 6.92 Å². The third-order valence-corrected chi connectivity index (χ3v) is 3.91. The van der Waals surface area contributed by atoms with Crippen molar-refractivity contribution in [3.8, 4) is 0 Å². The Labute approximate surface area is 106 Å². The zero-order valence-electron chi connectivity index (χ0n) is 10.1. The number of halogens is 1. The molecule has 1 rings (SSSR count). The number of rotatable bonds is 6. The number of para-hydroxylation sites is 1. The van der Waals surface area contributed by atoms with E-state index in [1.165, 1.54) is 12.1 Å². The van der Waals surface area contributed by atoms with E-state index in [4.69, 9.17) is 10.8 Å². The van der Waals surface area contributed by atoms with E-state index in [0.717, 1.165) is 6.07 Å². The van der Waals surface area contributed by atoms with Gasteiger partial charge in [-0.2, -0.15) is 0 Å². The number of sulfonamides is 1. The number of aliphatic hydroxyl groups excluding tert-OH is 1. The van der Waals surface area contributed by atoms with E-state index in [9.17, 15) is 12.8 Å². The number of anilines is 1. The molecular weight excluding hydrogens is 259 g/mol. The molecule has 1 aromatic carbocycles. The van der Waals surface area contributed by atoms with Crippen molar-refractivity contribution in [2.75, 3.05) is 12.3 Å². The minimum Gasteiger partial charge on any atom is -0.395 e. The van der Waals surface area contributed by atoms with Crippen molar-refractivity contribution in [1.82, 2.24) is 4.72 Å². The van der Waals surface area contributed by atoms with Crippen molar-refractivity contribution in [3.05, 3.63) is 24.0 Å². The van der Waals surface area contributed by atoms with Crippen molar-refractivity contribution in [1.29, 1.82) is 0 Å². The molecule has 0 amide bonds. The number of aliphatic hydroxyl groups is 1. The van der Waals surface area contributed by atoms with Gasteiger partial charge >= 0.3 is 0 Å². The van der Waals surface area contributed by atoms with Gasteiger partial charge in [-0.3, -0.25) is 0 Å². The van der Waals surface area contributed by atoms with Crippen molar-refractivity contribution in [2.45, 2.75) is 30.8 Å². The Balaban J connectivity index is 2.72. The van der Waals surface area contributed by atoms with Crippen LogP contribution in [-0.4, -0.2) is 26.2 Å². The molecule has 0 fully saturated rings. The van der Waals surface area contributed by atoms with Crippen LogP contribution in [0.2, 0.25) is 0 Å². The maximum Gasteiger partial charge on any atom is 0.242 e. The van der Waals surface area contributed by atoms with Crippen LogP contribution in [0.4, 0.5) is 10.1 Å². The van der Waals surface area contributed by atoms with Gasteiger partial charge in [0.1, 0.15) is 10.7 Å². The van der Waals surface area contributed by atoms with Crippen LogP contribution in [0, 0.1) is 5.82 Å². The van der Waals surface area contributed by atoms with Crippen molar-refractivity contribution in [3.63, 3.8) is 0 Å². The van der Waals surface area contributed by atoms with Crippen LogP contribution in [-0.2, 0) is 10.0 Å². The predicted molar refractivity (Wildman–Crippen MR) is 66.9 cm³/mol. The molecule has 0 radical (unpaired) electrons. The summed E-state index contributed by atoms with van der Waals surface area (Å²) < 4.78 is 39.1. The summed E-state index contributed by atoms with van der Waals surface area (Å²) >= 11 is 0. The number of hydrogen-bond acceptors (Lipinski definition) is 4. The second kappa shape index (κ2) is 6.12. The first kappa shape index (κ1) is 14.9. The topological polar surface area (TPSA) is 92.4 Å². The lowest BCUT2D eigenvalue weighted by molar-refractivity contribution is 0.182. The van der Waals surface area contributed by atoms with Gasteiger partial charge in [0, 0.05) is 6.54 Å². The number of hydrogen-bond donors (Lipinski definition) is 3. The van der Waals surface area contributed by atoms with E-state index < -0.39 is 21.9 Å². The molecule has 0 aliphatic rings. The van der Waals surface area contributed by atoms with Crippen molar-refractivity contribution >= 4 is 15.7 Å². The summed E-state index contributed by atoms with van der Waals surface area (Å²) in [6.07, 6.45) is 0.501. The minimum atomic E-state index is -3.81. The lowest BCUT2D eigenvalue weighted by atomic mass is 10.2. The van der Waals surface area contributed by atoms with Crippen LogP contribution in [0.25, 0.3) is 0 Å². The summed E-state index contributed by atoms with van der Waals surface area (Å²) in [5.41, 5.74) is 5.00. The average molecular weight is 276 g/mol. The maximum atomic E-state index is 13.2. The number of nitrogen functional groups attached to an aromatic ring is 1. The monoisotopic (exact) mass is 276 g/mol. The highest BCUT2D eigenvalue weighted by Gasteiger charge is 2.18. The molecule has 0 heterocycles. The van der Waals surface area contributed by atoms with Crippen LogP contribution in [0.1, 0.15) is 19.8 Å². The Morgan fingerprint density at radius 3 is 2.78 bits per heavy atom. The molecule has 7 heteroatoms. The summed E-state index contributed by atoms with van der Waals surface area (Å²) in [5, 5.41) is 9.03. The number of nitrogens with one attached hydrogen (secondary N) is 1. The molecule has 5 nitrogen and oxygen atoms in total. The Hall–Kier alpha value is -1.18. The smallest absolute Gasteiger partial charge is 0.242 e. The summed E-state index contributed by atoms with van der Waals surface area (Å²) in [7, 11) is -3.81.